The third kappa shape index (κ3) is 3.97. The highest BCUT2D eigenvalue weighted by atomic mass is 16.1. The van der Waals surface area contributed by atoms with E-state index in [0.717, 1.165) is 31.6 Å². The summed E-state index contributed by atoms with van der Waals surface area (Å²) in [7, 11) is 0. The van der Waals surface area contributed by atoms with Gasteiger partial charge < -0.3 is 16.0 Å². The molecule has 1 saturated heterocycles. The van der Waals surface area contributed by atoms with E-state index in [2.05, 4.69) is 10.2 Å². The first-order valence-corrected chi connectivity index (χ1v) is 7.41. The number of nitrogens with two attached hydrogens (primary N) is 1. The average Bonchev–Trinajstić information content (AvgIpc) is 3.01. The van der Waals surface area contributed by atoms with Crippen molar-refractivity contribution in [1.29, 1.82) is 0 Å². The van der Waals surface area contributed by atoms with Crippen LogP contribution in [0.15, 0.2) is 42.5 Å². The summed E-state index contributed by atoms with van der Waals surface area (Å²) in [5.74, 6) is -0.743. The SMILES string of the molecule is CC=CC=CC(=O)Nc1cc(C(N)=O)ccc1N1CCCC1. The van der Waals surface area contributed by atoms with Crippen LogP contribution in [-0.4, -0.2) is 24.9 Å². The minimum atomic E-state index is -0.507. The predicted molar refractivity (Wildman–Crippen MR) is 89.0 cm³/mol. The molecular formula is C17H21N3O2. The first-order valence-electron chi connectivity index (χ1n) is 7.41. The zero-order chi connectivity index (χ0) is 15.9. The van der Waals surface area contributed by atoms with Crippen molar-refractivity contribution in [3.8, 4) is 0 Å². The fourth-order valence-corrected chi connectivity index (χ4v) is 2.45. The maximum atomic E-state index is 12.0. The van der Waals surface area contributed by atoms with Gasteiger partial charge >= 0.3 is 0 Å². The van der Waals surface area contributed by atoms with Crippen molar-refractivity contribution in [2.75, 3.05) is 23.3 Å². The lowest BCUT2D eigenvalue weighted by molar-refractivity contribution is -0.111. The molecule has 0 aliphatic carbocycles. The molecule has 2 rings (SSSR count). The monoisotopic (exact) mass is 299 g/mol. The molecule has 3 N–H and O–H groups in total. The Morgan fingerprint density at radius 3 is 2.59 bits per heavy atom. The normalized spacial score (nSPS) is 14.9. The molecular weight excluding hydrogens is 278 g/mol. The van der Waals surface area contributed by atoms with Gasteiger partial charge in [-0.15, -0.1) is 0 Å². The van der Waals surface area contributed by atoms with Crippen molar-refractivity contribution in [1.82, 2.24) is 0 Å². The summed E-state index contributed by atoms with van der Waals surface area (Å²) in [5.41, 5.74) is 7.26. The second-order valence-electron chi connectivity index (χ2n) is 5.16. The fourth-order valence-electron chi connectivity index (χ4n) is 2.45. The molecule has 116 valence electrons. The van der Waals surface area contributed by atoms with Crippen molar-refractivity contribution in [3.63, 3.8) is 0 Å². The van der Waals surface area contributed by atoms with Crippen LogP contribution in [-0.2, 0) is 4.79 Å². The quantitative estimate of drug-likeness (QED) is 0.648. The highest BCUT2D eigenvalue weighted by molar-refractivity contribution is 6.03. The fraction of sp³-hybridized carbons (Fsp3) is 0.294. The van der Waals surface area contributed by atoms with E-state index >= 15 is 0 Å². The number of nitrogens with one attached hydrogen (secondary N) is 1. The van der Waals surface area contributed by atoms with Gasteiger partial charge in [-0.3, -0.25) is 9.59 Å². The molecule has 5 heteroatoms. The number of nitrogens with zero attached hydrogens (tertiary/aromatic N) is 1. The Morgan fingerprint density at radius 1 is 1.23 bits per heavy atom. The highest BCUT2D eigenvalue weighted by Crippen LogP contribution is 2.30. The van der Waals surface area contributed by atoms with E-state index in [9.17, 15) is 9.59 Å². The second kappa shape index (κ2) is 7.45. The standard InChI is InChI=1S/C17H21N3O2/c1-2-3-4-7-16(21)19-14-12-13(17(18)22)8-9-15(14)20-10-5-6-11-20/h2-4,7-9,12H,5-6,10-11H2,1H3,(H2,18,22)(H,19,21). The topological polar surface area (TPSA) is 75.4 Å². The van der Waals surface area contributed by atoms with Crippen LogP contribution in [0.2, 0.25) is 0 Å². The molecule has 2 amide bonds. The van der Waals surface area contributed by atoms with Crippen LogP contribution in [0.3, 0.4) is 0 Å². The van der Waals surface area contributed by atoms with Crippen LogP contribution in [0.1, 0.15) is 30.1 Å². The number of amides is 2. The molecule has 0 atom stereocenters. The smallest absolute Gasteiger partial charge is 0.248 e. The number of allylic oxidation sites excluding steroid dienone is 3. The number of hydrogen-bond donors (Lipinski definition) is 2. The summed E-state index contributed by atoms with van der Waals surface area (Å²) in [6.07, 6.45) is 9.00. The van der Waals surface area contributed by atoms with Crippen molar-refractivity contribution in [2.24, 2.45) is 5.73 Å². The molecule has 1 fully saturated rings. The molecule has 0 saturated carbocycles. The van der Waals surface area contributed by atoms with Gasteiger partial charge in [-0.2, -0.15) is 0 Å². The van der Waals surface area contributed by atoms with Crippen molar-refractivity contribution in [2.45, 2.75) is 19.8 Å². The molecule has 0 spiro atoms. The molecule has 22 heavy (non-hydrogen) atoms. The summed E-state index contributed by atoms with van der Waals surface area (Å²) in [6, 6.07) is 5.18. The molecule has 0 aromatic heterocycles. The van der Waals surface area contributed by atoms with Crippen LogP contribution >= 0.6 is 0 Å². The zero-order valence-corrected chi connectivity index (χ0v) is 12.7. The summed E-state index contributed by atoms with van der Waals surface area (Å²) in [5, 5.41) is 2.83. The van der Waals surface area contributed by atoms with Gasteiger partial charge in [0.25, 0.3) is 0 Å². The molecule has 1 aromatic carbocycles. The number of primary amides is 1. The number of carbonyl (C=O) groups excluding carboxylic acids is 2. The van der Waals surface area contributed by atoms with E-state index in [-0.39, 0.29) is 5.91 Å². The Morgan fingerprint density at radius 2 is 1.95 bits per heavy atom. The van der Waals surface area contributed by atoms with Gasteiger partial charge in [0, 0.05) is 24.7 Å². The number of carbonyl (C=O) groups is 2. The molecule has 5 nitrogen and oxygen atoms in total. The van der Waals surface area contributed by atoms with Crippen LogP contribution < -0.4 is 16.0 Å². The summed E-state index contributed by atoms with van der Waals surface area (Å²) >= 11 is 0. The van der Waals surface area contributed by atoms with Crippen molar-refractivity contribution in [3.05, 3.63) is 48.1 Å². The van der Waals surface area contributed by atoms with Crippen molar-refractivity contribution < 1.29 is 9.59 Å². The third-order valence-corrected chi connectivity index (χ3v) is 3.54. The molecule has 1 aliphatic heterocycles. The third-order valence-electron chi connectivity index (χ3n) is 3.54. The minimum Gasteiger partial charge on any atom is -0.370 e. The Kier molecular flexibility index (Phi) is 5.36. The van der Waals surface area contributed by atoms with Gasteiger partial charge in [-0.1, -0.05) is 18.2 Å². The maximum absolute atomic E-state index is 12.0. The lowest BCUT2D eigenvalue weighted by Gasteiger charge is -2.21. The number of hydrogen-bond acceptors (Lipinski definition) is 3. The highest BCUT2D eigenvalue weighted by Gasteiger charge is 2.17. The Labute approximate surface area is 130 Å². The van der Waals surface area contributed by atoms with E-state index in [1.54, 1.807) is 24.3 Å². The van der Waals surface area contributed by atoms with E-state index in [4.69, 9.17) is 5.73 Å². The minimum absolute atomic E-state index is 0.236. The van der Waals surface area contributed by atoms with E-state index < -0.39 is 5.91 Å². The lowest BCUT2D eigenvalue weighted by Crippen LogP contribution is -2.21. The zero-order valence-electron chi connectivity index (χ0n) is 12.7. The largest absolute Gasteiger partial charge is 0.370 e. The van der Waals surface area contributed by atoms with Gasteiger partial charge in [0.05, 0.1) is 11.4 Å². The Bertz CT molecular complexity index is 614. The van der Waals surface area contributed by atoms with Gasteiger partial charge in [0.15, 0.2) is 0 Å². The molecule has 0 radical (unpaired) electrons. The molecule has 1 heterocycles. The number of anilines is 2. The Hall–Kier alpha value is -2.56. The van der Waals surface area contributed by atoms with E-state index in [1.807, 2.05) is 19.1 Å². The van der Waals surface area contributed by atoms with Gasteiger partial charge in [0.2, 0.25) is 11.8 Å². The van der Waals surface area contributed by atoms with Crippen LogP contribution in [0.5, 0.6) is 0 Å². The first kappa shape index (κ1) is 15.8. The maximum Gasteiger partial charge on any atom is 0.248 e. The van der Waals surface area contributed by atoms with Crippen LogP contribution in [0.4, 0.5) is 11.4 Å². The van der Waals surface area contributed by atoms with Gasteiger partial charge in [-0.25, -0.2) is 0 Å². The summed E-state index contributed by atoms with van der Waals surface area (Å²) in [4.78, 5) is 25.5. The second-order valence-corrected chi connectivity index (χ2v) is 5.16. The van der Waals surface area contributed by atoms with Gasteiger partial charge in [-0.05, 0) is 38.0 Å². The summed E-state index contributed by atoms with van der Waals surface area (Å²) < 4.78 is 0. The molecule has 1 aliphatic rings. The van der Waals surface area contributed by atoms with E-state index in [1.165, 1.54) is 6.08 Å². The molecule has 0 bridgehead atoms. The van der Waals surface area contributed by atoms with Gasteiger partial charge in [0.1, 0.15) is 0 Å². The van der Waals surface area contributed by atoms with Crippen LogP contribution in [0.25, 0.3) is 0 Å². The first-order chi connectivity index (χ1) is 10.6. The lowest BCUT2D eigenvalue weighted by atomic mass is 10.1. The molecule has 1 aromatic rings. The summed E-state index contributed by atoms with van der Waals surface area (Å²) in [6.45, 7) is 3.78. The van der Waals surface area contributed by atoms with Crippen molar-refractivity contribution >= 4 is 23.2 Å². The van der Waals surface area contributed by atoms with Crippen LogP contribution in [0, 0.1) is 0 Å². The van der Waals surface area contributed by atoms with E-state index in [0.29, 0.717) is 11.3 Å². The predicted octanol–water partition coefficient (Wildman–Crippen LogP) is 2.46. The number of rotatable bonds is 5. The molecule has 0 unspecified atom stereocenters. The average molecular weight is 299 g/mol. The number of benzene rings is 1. The Balaban J connectivity index is 2.26.